The molecular formula is C32H31N6O8-. The summed E-state index contributed by atoms with van der Waals surface area (Å²) in [5.74, 6) is -2.07. The lowest BCUT2D eigenvalue weighted by Crippen LogP contribution is -2.35. The first-order valence-corrected chi connectivity index (χ1v) is 14.8. The van der Waals surface area contributed by atoms with E-state index in [1.807, 2.05) is 0 Å². The third-order valence-electron chi connectivity index (χ3n) is 8.24. The Kier molecular flexibility index (Phi) is 9.64. The van der Waals surface area contributed by atoms with Gasteiger partial charge in [0, 0.05) is 60.6 Å². The number of hydrogen-bond acceptors (Lipinski definition) is 9. The number of benzene rings is 3. The predicted molar refractivity (Wildman–Crippen MR) is 164 cm³/mol. The summed E-state index contributed by atoms with van der Waals surface area (Å²) < 4.78 is 0. The van der Waals surface area contributed by atoms with E-state index in [2.05, 4.69) is 20.9 Å². The molecule has 3 aromatic carbocycles. The number of amides is 3. The summed E-state index contributed by atoms with van der Waals surface area (Å²) in [5.41, 5.74) is 0.458. The monoisotopic (exact) mass is 627 g/mol. The maximum atomic E-state index is 13.0. The highest BCUT2D eigenvalue weighted by atomic mass is 16.6. The summed E-state index contributed by atoms with van der Waals surface area (Å²) in [6, 6.07) is 13.9. The number of nitro benzene ring substituents is 2. The molecule has 0 aromatic heterocycles. The molecule has 0 radical (unpaired) electrons. The van der Waals surface area contributed by atoms with Crippen LogP contribution in [0.2, 0.25) is 0 Å². The standard InChI is InChI=1S/C32H32N6O8/c39-29-23-9-25(13-27(11-23)37(43)44)31(41)35-17-21-5-7-22(8-6-21)18-36-32(42)26-10-24(12-28(14-26)38(45)46)30(40)34-16-20-2-1-19(3-4-20)15-33-29/h1-4,9-14,21-22H,5-8,15-18H2,(H,33,39)(H,34,40)(H,35,41)(H,36,42)/p-1. The highest BCUT2D eigenvalue weighted by molar-refractivity contribution is 6.01. The topological polar surface area (TPSA) is 209 Å². The largest absolute Gasteiger partial charge is 0.858 e. The van der Waals surface area contributed by atoms with E-state index in [0.717, 1.165) is 49.9 Å². The number of nitro groups is 2. The van der Waals surface area contributed by atoms with E-state index in [4.69, 9.17) is 0 Å². The molecule has 1 aliphatic carbocycles. The van der Waals surface area contributed by atoms with Crippen LogP contribution in [0.1, 0.15) is 73.4 Å². The molecule has 8 bridgehead atoms. The zero-order valence-corrected chi connectivity index (χ0v) is 24.7. The van der Waals surface area contributed by atoms with Crippen molar-refractivity contribution in [3.63, 3.8) is 0 Å². The number of non-ortho nitro benzene ring substituents is 2. The van der Waals surface area contributed by atoms with Crippen LogP contribution in [0.15, 0.2) is 65.7 Å². The van der Waals surface area contributed by atoms with Crippen molar-refractivity contribution in [2.24, 2.45) is 16.8 Å². The molecule has 0 saturated heterocycles. The van der Waals surface area contributed by atoms with E-state index in [9.17, 15) is 39.7 Å². The fourth-order valence-corrected chi connectivity index (χ4v) is 5.57. The normalized spacial score (nSPS) is 19.4. The summed E-state index contributed by atoms with van der Waals surface area (Å²) in [6.07, 6.45) is 3.06. The Morgan fingerprint density at radius 2 is 1.02 bits per heavy atom. The molecular weight excluding hydrogens is 596 g/mol. The summed E-state index contributed by atoms with van der Waals surface area (Å²) in [4.78, 5) is 64.7. The van der Waals surface area contributed by atoms with Gasteiger partial charge in [0.15, 0.2) is 0 Å². The minimum absolute atomic E-state index is 0.00384. The fourth-order valence-electron chi connectivity index (χ4n) is 5.57. The average molecular weight is 628 g/mol. The number of carbonyl (C=O) groups excluding carboxylic acids is 3. The third-order valence-corrected chi connectivity index (χ3v) is 8.24. The fraction of sp³-hybridized carbons (Fsp3) is 0.312. The van der Waals surface area contributed by atoms with Crippen molar-refractivity contribution in [3.8, 4) is 0 Å². The number of nitrogens with zero attached hydrogens (tertiary/aromatic N) is 3. The van der Waals surface area contributed by atoms with Gasteiger partial charge in [-0.2, -0.15) is 0 Å². The Hall–Kier alpha value is -5.66. The lowest BCUT2D eigenvalue weighted by molar-refractivity contribution is -0.385. The number of nitrogens with one attached hydrogen (secondary N) is 3. The van der Waals surface area contributed by atoms with Gasteiger partial charge in [0.05, 0.1) is 16.4 Å². The van der Waals surface area contributed by atoms with Crippen molar-refractivity contribution in [1.82, 2.24) is 16.0 Å². The number of hydrogen-bond donors (Lipinski definition) is 3. The van der Waals surface area contributed by atoms with Gasteiger partial charge >= 0.3 is 0 Å². The summed E-state index contributed by atoms with van der Waals surface area (Å²) >= 11 is 0. The Labute approximate surface area is 263 Å². The highest BCUT2D eigenvalue weighted by Gasteiger charge is 2.24. The van der Waals surface area contributed by atoms with Crippen LogP contribution in [0.25, 0.3) is 0 Å². The molecule has 3 amide bonds. The van der Waals surface area contributed by atoms with E-state index in [0.29, 0.717) is 24.2 Å². The smallest absolute Gasteiger partial charge is 0.271 e. The Balaban J connectivity index is 1.41. The molecule has 0 unspecified atom stereocenters. The first-order valence-electron chi connectivity index (χ1n) is 14.8. The van der Waals surface area contributed by atoms with Gasteiger partial charge in [0.2, 0.25) is 0 Å². The van der Waals surface area contributed by atoms with Gasteiger partial charge in [-0.3, -0.25) is 39.6 Å². The van der Waals surface area contributed by atoms with Crippen molar-refractivity contribution in [1.29, 1.82) is 0 Å². The van der Waals surface area contributed by atoms with E-state index in [1.165, 1.54) is 12.1 Å². The van der Waals surface area contributed by atoms with Gasteiger partial charge in [-0.05, 0) is 72.2 Å². The molecule has 1 saturated carbocycles. The van der Waals surface area contributed by atoms with Crippen LogP contribution in [0.3, 0.4) is 0 Å². The molecule has 8 rings (SSSR count). The van der Waals surface area contributed by atoms with Crippen molar-refractivity contribution in [3.05, 3.63) is 114 Å². The summed E-state index contributed by atoms with van der Waals surface area (Å²) in [7, 11) is 0. The van der Waals surface area contributed by atoms with Crippen LogP contribution in [0, 0.1) is 32.1 Å². The maximum absolute atomic E-state index is 13.0. The van der Waals surface area contributed by atoms with Crippen molar-refractivity contribution in [2.75, 3.05) is 13.1 Å². The summed E-state index contributed by atoms with van der Waals surface area (Å²) in [5, 5.41) is 44.4. The molecule has 238 valence electrons. The Morgan fingerprint density at radius 1 is 0.609 bits per heavy atom. The quantitative estimate of drug-likeness (QED) is 0.283. The average Bonchev–Trinajstić information content (AvgIpc) is 3.07. The molecule has 4 aliphatic heterocycles. The molecule has 5 aliphatic rings. The maximum Gasteiger partial charge on any atom is 0.271 e. The highest BCUT2D eigenvalue weighted by Crippen LogP contribution is 2.28. The van der Waals surface area contributed by atoms with Crippen LogP contribution >= 0.6 is 0 Å². The molecule has 4 heterocycles. The number of aliphatic imine (C=N–C) groups is 1. The molecule has 3 N–H and O–H groups in total. The molecule has 0 atom stereocenters. The molecule has 46 heavy (non-hydrogen) atoms. The van der Waals surface area contributed by atoms with Crippen molar-refractivity contribution in [2.45, 2.75) is 38.8 Å². The van der Waals surface area contributed by atoms with Gasteiger partial charge in [0.25, 0.3) is 29.1 Å². The van der Waals surface area contributed by atoms with Gasteiger partial charge in [-0.15, -0.1) is 0 Å². The van der Waals surface area contributed by atoms with E-state index in [1.54, 1.807) is 24.3 Å². The molecule has 14 heteroatoms. The number of carbonyl (C=O) groups is 3. The van der Waals surface area contributed by atoms with E-state index >= 15 is 0 Å². The van der Waals surface area contributed by atoms with Crippen LogP contribution < -0.4 is 21.1 Å². The van der Waals surface area contributed by atoms with Crippen LogP contribution in [-0.4, -0.2) is 46.6 Å². The molecule has 0 spiro atoms. The van der Waals surface area contributed by atoms with E-state index < -0.39 is 39.2 Å². The zero-order valence-electron chi connectivity index (χ0n) is 24.7. The number of rotatable bonds is 2. The van der Waals surface area contributed by atoms with Crippen LogP contribution in [0.5, 0.6) is 0 Å². The second-order valence-electron chi connectivity index (χ2n) is 11.5. The van der Waals surface area contributed by atoms with Crippen molar-refractivity contribution >= 4 is 35.0 Å². The molecule has 3 aromatic rings. The Bertz CT molecular complexity index is 1710. The Morgan fingerprint density at radius 3 is 1.50 bits per heavy atom. The first kappa shape index (κ1) is 31.8. The zero-order chi connectivity index (χ0) is 32.8. The minimum Gasteiger partial charge on any atom is -0.858 e. The summed E-state index contributed by atoms with van der Waals surface area (Å²) in [6.45, 7) is 0.730. The second kappa shape index (κ2) is 14.0. The van der Waals surface area contributed by atoms with Gasteiger partial charge in [0.1, 0.15) is 0 Å². The lowest BCUT2D eigenvalue weighted by Gasteiger charge is -2.28. The molecule has 14 nitrogen and oxygen atoms in total. The van der Waals surface area contributed by atoms with Crippen LogP contribution in [-0.2, 0) is 13.1 Å². The third kappa shape index (κ3) is 7.88. The predicted octanol–water partition coefficient (Wildman–Crippen LogP) is 3.02. The van der Waals surface area contributed by atoms with Crippen molar-refractivity contribution < 1.29 is 29.3 Å². The molecule has 1 fully saturated rings. The van der Waals surface area contributed by atoms with Gasteiger partial charge < -0.3 is 21.1 Å². The lowest BCUT2D eigenvalue weighted by atomic mass is 9.82. The SMILES string of the molecule is O=C1NCc2ccc(cc2)CN=C([O-])c2cc(cc([N+](=O)[O-])c2)C(=O)NCC2CCC(CC2)CNC(=O)c2cc1cc([N+](=O)[O-])c2. The van der Waals surface area contributed by atoms with Gasteiger partial charge in [-0.25, -0.2) is 0 Å². The second-order valence-corrected chi connectivity index (χ2v) is 11.5. The van der Waals surface area contributed by atoms with Crippen LogP contribution in [0.4, 0.5) is 11.4 Å². The first-order chi connectivity index (χ1) is 22.0. The van der Waals surface area contributed by atoms with Gasteiger partial charge in [-0.1, -0.05) is 24.3 Å². The van der Waals surface area contributed by atoms with E-state index in [-0.39, 0.29) is 52.9 Å². The minimum atomic E-state index is -0.711.